The van der Waals surface area contributed by atoms with Crippen molar-refractivity contribution in [1.82, 2.24) is 0 Å². The fraction of sp³-hybridized carbons (Fsp3) is 0.357. The molecule has 0 aliphatic carbocycles. The van der Waals surface area contributed by atoms with Crippen molar-refractivity contribution in [3.05, 3.63) is 42.0 Å². The Bertz CT molecular complexity index is 386. The minimum Gasteiger partial charge on any atom is -0.489 e. The van der Waals surface area contributed by atoms with Gasteiger partial charge in [-0.05, 0) is 23.6 Å². The van der Waals surface area contributed by atoms with Crippen LogP contribution < -0.4 is 4.74 Å². The van der Waals surface area contributed by atoms with Crippen LogP contribution in [0.4, 0.5) is 0 Å². The van der Waals surface area contributed by atoms with E-state index in [2.05, 4.69) is 27.4 Å². The molecule has 0 fully saturated rings. The third-order valence-corrected chi connectivity index (χ3v) is 2.30. The molecule has 0 heterocycles. The molecule has 0 atom stereocenters. The zero-order valence-electron chi connectivity index (χ0n) is 10.1. The molecule has 16 heavy (non-hydrogen) atoms. The summed E-state index contributed by atoms with van der Waals surface area (Å²) in [5, 5.41) is 0. The van der Waals surface area contributed by atoms with Gasteiger partial charge < -0.3 is 4.74 Å². The molecule has 0 unspecified atom stereocenters. The van der Waals surface area contributed by atoms with Crippen LogP contribution >= 0.6 is 0 Å². The van der Waals surface area contributed by atoms with Crippen molar-refractivity contribution in [2.24, 2.45) is 0 Å². The zero-order chi connectivity index (χ0) is 12.2. The Hall–Kier alpha value is -1.57. The molecule has 0 aliphatic heterocycles. The van der Waals surface area contributed by atoms with Gasteiger partial charge in [0.25, 0.3) is 0 Å². The second-order valence-corrected chi connectivity index (χ2v) is 4.72. The number of aldehydes is 1. The Balaban J connectivity index is 3.16. The van der Waals surface area contributed by atoms with E-state index in [0.717, 1.165) is 17.6 Å². The van der Waals surface area contributed by atoms with Crippen molar-refractivity contribution in [2.75, 3.05) is 6.61 Å². The average Bonchev–Trinajstić information content (AvgIpc) is 2.25. The second-order valence-electron chi connectivity index (χ2n) is 4.72. The van der Waals surface area contributed by atoms with Crippen LogP contribution in [0, 0.1) is 0 Å². The number of benzene rings is 1. The first-order chi connectivity index (χ1) is 7.49. The summed E-state index contributed by atoms with van der Waals surface area (Å²) in [7, 11) is 0. The topological polar surface area (TPSA) is 26.3 Å². The quantitative estimate of drug-likeness (QED) is 0.572. The lowest BCUT2D eigenvalue weighted by Crippen LogP contribution is -2.14. The van der Waals surface area contributed by atoms with Crippen LogP contribution in [0.15, 0.2) is 30.9 Å². The number of hydrogen-bond donors (Lipinski definition) is 0. The largest absolute Gasteiger partial charge is 0.489 e. The van der Waals surface area contributed by atoms with E-state index in [1.165, 1.54) is 0 Å². The molecule has 0 aromatic heterocycles. The first-order valence-corrected chi connectivity index (χ1v) is 5.32. The molecule has 1 aromatic rings. The molecule has 0 aliphatic rings. The predicted octanol–water partition coefficient (Wildman–Crippen LogP) is 3.36. The fourth-order valence-electron chi connectivity index (χ4n) is 1.48. The zero-order valence-corrected chi connectivity index (χ0v) is 10.1. The van der Waals surface area contributed by atoms with E-state index in [1.54, 1.807) is 12.1 Å². The van der Waals surface area contributed by atoms with Gasteiger partial charge in [0.15, 0.2) is 0 Å². The molecular weight excluding hydrogens is 200 g/mol. The molecule has 0 radical (unpaired) electrons. The summed E-state index contributed by atoms with van der Waals surface area (Å²) in [4.78, 5) is 10.8. The standard InChI is InChI=1S/C14H18O2/c1-5-8-16-13-7-6-11(10-15)9-12(13)14(2,3)4/h5-7,9-10H,1,8H2,2-4H3. The van der Waals surface area contributed by atoms with Gasteiger partial charge >= 0.3 is 0 Å². The predicted molar refractivity (Wildman–Crippen MR) is 66.2 cm³/mol. The van der Waals surface area contributed by atoms with E-state index in [1.807, 2.05) is 12.1 Å². The molecule has 2 heteroatoms. The Morgan fingerprint density at radius 2 is 2.06 bits per heavy atom. The Morgan fingerprint density at radius 1 is 1.38 bits per heavy atom. The molecule has 2 nitrogen and oxygen atoms in total. The monoisotopic (exact) mass is 218 g/mol. The number of rotatable bonds is 4. The molecule has 0 saturated carbocycles. The minimum absolute atomic E-state index is 0.0461. The highest BCUT2D eigenvalue weighted by Crippen LogP contribution is 2.31. The summed E-state index contributed by atoms with van der Waals surface area (Å²) < 4.78 is 5.58. The molecule has 0 N–H and O–H groups in total. The number of carbonyl (C=O) groups is 1. The summed E-state index contributed by atoms with van der Waals surface area (Å²) >= 11 is 0. The first kappa shape index (κ1) is 12.5. The van der Waals surface area contributed by atoms with Crippen LogP contribution in [0.25, 0.3) is 0 Å². The van der Waals surface area contributed by atoms with Gasteiger partial charge in [0.05, 0.1) is 0 Å². The van der Waals surface area contributed by atoms with Gasteiger partial charge in [-0.2, -0.15) is 0 Å². The summed E-state index contributed by atoms with van der Waals surface area (Å²) in [5.74, 6) is 0.818. The van der Waals surface area contributed by atoms with Crippen molar-refractivity contribution in [3.63, 3.8) is 0 Å². The lowest BCUT2D eigenvalue weighted by atomic mass is 9.85. The van der Waals surface area contributed by atoms with Crippen molar-refractivity contribution in [1.29, 1.82) is 0 Å². The third-order valence-electron chi connectivity index (χ3n) is 2.30. The van der Waals surface area contributed by atoms with E-state index >= 15 is 0 Å². The van der Waals surface area contributed by atoms with Crippen LogP contribution in [0.5, 0.6) is 5.75 Å². The maximum Gasteiger partial charge on any atom is 0.150 e. The van der Waals surface area contributed by atoms with Crippen molar-refractivity contribution in [2.45, 2.75) is 26.2 Å². The summed E-state index contributed by atoms with van der Waals surface area (Å²) in [6, 6.07) is 5.49. The van der Waals surface area contributed by atoms with E-state index in [4.69, 9.17) is 4.74 Å². The van der Waals surface area contributed by atoms with Gasteiger partial charge in [-0.25, -0.2) is 0 Å². The van der Waals surface area contributed by atoms with Gasteiger partial charge in [0.1, 0.15) is 18.6 Å². The number of ether oxygens (including phenoxy) is 1. The molecule has 1 aromatic carbocycles. The number of carbonyl (C=O) groups excluding carboxylic acids is 1. The van der Waals surface area contributed by atoms with Crippen molar-refractivity contribution < 1.29 is 9.53 Å². The van der Waals surface area contributed by atoms with Gasteiger partial charge in [-0.1, -0.05) is 33.4 Å². The summed E-state index contributed by atoms with van der Waals surface area (Å²) in [6.45, 7) is 10.4. The lowest BCUT2D eigenvalue weighted by Gasteiger charge is -2.22. The highest BCUT2D eigenvalue weighted by atomic mass is 16.5. The molecular formula is C14H18O2. The fourth-order valence-corrected chi connectivity index (χ4v) is 1.48. The van der Waals surface area contributed by atoms with Crippen molar-refractivity contribution in [3.8, 4) is 5.75 Å². The third kappa shape index (κ3) is 2.96. The molecule has 0 spiro atoms. The SMILES string of the molecule is C=CCOc1ccc(C=O)cc1C(C)(C)C. The van der Waals surface area contributed by atoms with E-state index in [-0.39, 0.29) is 5.41 Å². The van der Waals surface area contributed by atoms with E-state index in [9.17, 15) is 4.79 Å². The molecule has 1 rings (SSSR count). The highest BCUT2D eigenvalue weighted by Gasteiger charge is 2.19. The second kappa shape index (κ2) is 4.97. The van der Waals surface area contributed by atoms with E-state index < -0.39 is 0 Å². The highest BCUT2D eigenvalue weighted by molar-refractivity contribution is 5.75. The smallest absolute Gasteiger partial charge is 0.150 e. The normalized spacial score (nSPS) is 10.9. The van der Waals surface area contributed by atoms with E-state index in [0.29, 0.717) is 12.2 Å². The minimum atomic E-state index is -0.0461. The van der Waals surface area contributed by atoms with Crippen LogP contribution in [-0.4, -0.2) is 12.9 Å². The molecule has 0 bridgehead atoms. The van der Waals surface area contributed by atoms with Crippen LogP contribution in [-0.2, 0) is 5.41 Å². The Morgan fingerprint density at radius 3 is 2.56 bits per heavy atom. The maximum atomic E-state index is 10.8. The maximum absolute atomic E-state index is 10.8. The van der Waals surface area contributed by atoms with Gasteiger partial charge in [0.2, 0.25) is 0 Å². The summed E-state index contributed by atoms with van der Waals surface area (Å²) in [6.07, 6.45) is 2.56. The average molecular weight is 218 g/mol. The summed E-state index contributed by atoms with van der Waals surface area (Å²) in [5.41, 5.74) is 1.67. The lowest BCUT2D eigenvalue weighted by molar-refractivity contribution is 0.112. The van der Waals surface area contributed by atoms with Gasteiger partial charge in [0, 0.05) is 11.1 Å². The van der Waals surface area contributed by atoms with Crippen LogP contribution in [0.2, 0.25) is 0 Å². The molecule has 0 saturated heterocycles. The first-order valence-electron chi connectivity index (χ1n) is 5.32. The Kier molecular flexibility index (Phi) is 3.88. The molecule has 86 valence electrons. The van der Waals surface area contributed by atoms with Gasteiger partial charge in [-0.15, -0.1) is 0 Å². The Labute approximate surface area is 96.9 Å². The molecule has 0 amide bonds. The number of hydrogen-bond acceptors (Lipinski definition) is 2. The van der Waals surface area contributed by atoms with Crippen LogP contribution in [0.1, 0.15) is 36.7 Å². The van der Waals surface area contributed by atoms with Crippen molar-refractivity contribution >= 4 is 6.29 Å². The van der Waals surface area contributed by atoms with Gasteiger partial charge in [-0.3, -0.25) is 4.79 Å². The van der Waals surface area contributed by atoms with Crippen LogP contribution in [0.3, 0.4) is 0 Å².